The number of carbonyl (C=O) groups excluding carboxylic acids is 1. The van der Waals surface area contributed by atoms with E-state index in [4.69, 9.17) is 11.6 Å². The van der Waals surface area contributed by atoms with Crippen LogP contribution >= 0.6 is 27.5 Å². The molecule has 0 spiro atoms. The second kappa shape index (κ2) is 9.80. The van der Waals surface area contributed by atoms with Gasteiger partial charge in [-0.2, -0.15) is 0 Å². The standard InChI is InChI=1S/C23H19BrClN5O5S2/c24-16-10-15(12-26-22(16)25)36(32,33)29-19(23-27-17-3-1-2-4-18(17)28-23)9-13-5-7-14(8-6-13)20-11-21(31)30-37(20,34)35/h1-8,10,12,19-20,29H,9,11H2,(H,27,28)(H,30,31)/t19-,20?/m0/s1. The molecule has 1 aliphatic heterocycles. The number of rotatable bonds is 7. The van der Waals surface area contributed by atoms with Gasteiger partial charge in [-0.1, -0.05) is 48.0 Å². The molecular formula is C23H19BrClN5O5S2. The number of halogens is 2. The van der Waals surface area contributed by atoms with E-state index in [0.29, 0.717) is 21.4 Å². The molecule has 14 heteroatoms. The third kappa shape index (κ3) is 5.41. The molecule has 1 saturated heterocycles. The van der Waals surface area contributed by atoms with Crippen LogP contribution in [-0.4, -0.2) is 37.7 Å². The van der Waals surface area contributed by atoms with E-state index in [9.17, 15) is 21.6 Å². The number of sulfonamides is 2. The molecule has 4 aromatic rings. The summed E-state index contributed by atoms with van der Waals surface area (Å²) in [6, 6.07) is 14.6. The van der Waals surface area contributed by atoms with Gasteiger partial charge in [0.05, 0.1) is 28.0 Å². The maximum absolute atomic E-state index is 13.3. The summed E-state index contributed by atoms with van der Waals surface area (Å²) in [4.78, 5) is 23.2. The Bertz CT molecular complexity index is 1690. The van der Waals surface area contributed by atoms with E-state index < -0.39 is 37.2 Å². The normalized spacial score (nSPS) is 18.1. The Balaban J connectivity index is 1.47. The molecule has 1 fully saturated rings. The van der Waals surface area contributed by atoms with E-state index in [2.05, 4.69) is 35.6 Å². The first-order chi connectivity index (χ1) is 17.5. The van der Waals surface area contributed by atoms with Crippen molar-refractivity contribution in [1.29, 1.82) is 0 Å². The Morgan fingerprint density at radius 2 is 1.89 bits per heavy atom. The maximum Gasteiger partial charge on any atom is 0.242 e. The van der Waals surface area contributed by atoms with Gasteiger partial charge in [0.2, 0.25) is 26.0 Å². The highest BCUT2D eigenvalue weighted by molar-refractivity contribution is 9.10. The highest BCUT2D eigenvalue weighted by atomic mass is 79.9. The van der Waals surface area contributed by atoms with Crippen molar-refractivity contribution in [2.75, 3.05) is 0 Å². The SMILES string of the molecule is O=C1CC(c2ccc(C[C@H](NS(=O)(=O)c3cnc(Cl)c(Br)c3)c3nc4ccccc4[nH]3)cc2)S(=O)(=O)N1. The molecule has 2 aromatic heterocycles. The summed E-state index contributed by atoms with van der Waals surface area (Å²) in [6.45, 7) is 0. The third-order valence-corrected chi connectivity index (χ3v) is 10.2. The number of aromatic amines is 1. The van der Waals surface area contributed by atoms with Gasteiger partial charge in [-0.05, 0) is 51.7 Å². The van der Waals surface area contributed by atoms with Gasteiger partial charge in [0.15, 0.2) is 0 Å². The zero-order valence-corrected chi connectivity index (χ0v) is 22.8. The number of hydrogen-bond donors (Lipinski definition) is 3. The Labute approximate surface area is 226 Å². The van der Waals surface area contributed by atoms with Crippen LogP contribution in [0.1, 0.15) is 34.7 Å². The smallest absolute Gasteiger partial charge is 0.242 e. The van der Waals surface area contributed by atoms with Gasteiger partial charge in [-0.15, -0.1) is 0 Å². The number of amides is 1. The van der Waals surface area contributed by atoms with Crippen LogP contribution in [0.2, 0.25) is 5.15 Å². The number of imidazole rings is 1. The predicted molar refractivity (Wildman–Crippen MR) is 141 cm³/mol. The average Bonchev–Trinajstić information content (AvgIpc) is 3.40. The Hall–Kier alpha value is -2.84. The summed E-state index contributed by atoms with van der Waals surface area (Å²) in [5.41, 5.74) is 2.62. The quantitative estimate of drug-likeness (QED) is 0.266. The number of pyridine rings is 1. The van der Waals surface area contributed by atoms with E-state index in [0.717, 1.165) is 17.3 Å². The molecule has 0 radical (unpaired) electrons. The molecule has 37 heavy (non-hydrogen) atoms. The zero-order valence-electron chi connectivity index (χ0n) is 18.9. The molecule has 5 rings (SSSR count). The number of aromatic nitrogens is 3. The summed E-state index contributed by atoms with van der Waals surface area (Å²) in [6.07, 6.45) is 1.22. The molecule has 10 nitrogen and oxygen atoms in total. The molecule has 2 atom stereocenters. The van der Waals surface area contributed by atoms with Gasteiger partial charge in [0.25, 0.3) is 0 Å². The number of benzene rings is 2. The van der Waals surface area contributed by atoms with E-state index >= 15 is 0 Å². The molecule has 0 bridgehead atoms. The molecular weight excluding hydrogens is 606 g/mol. The lowest BCUT2D eigenvalue weighted by Crippen LogP contribution is -2.31. The largest absolute Gasteiger partial charge is 0.341 e. The van der Waals surface area contributed by atoms with Crippen molar-refractivity contribution in [3.8, 4) is 0 Å². The van der Waals surface area contributed by atoms with Gasteiger partial charge in [-0.25, -0.2) is 31.5 Å². The van der Waals surface area contributed by atoms with Crippen LogP contribution in [0.4, 0.5) is 0 Å². The fraction of sp³-hybridized carbons (Fsp3) is 0.174. The number of para-hydroxylation sites is 2. The molecule has 0 saturated carbocycles. The molecule has 1 aliphatic rings. The lowest BCUT2D eigenvalue weighted by atomic mass is 10.0. The van der Waals surface area contributed by atoms with Gasteiger partial charge in [0.1, 0.15) is 21.1 Å². The van der Waals surface area contributed by atoms with Gasteiger partial charge >= 0.3 is 0 Å². The van der Waals surface area contributed by atoms with Crippen LogP contribution in [0, 0.1) is 0 Å². The van der Waals surface area contributed by atoms with Crippen molar-refractivity contribution in [3.63, 3.8) is 0 Å². The van der Waals surface area contributed by atoms with Crippen LogP contribution in [0.25, 0.3) is 11.0 Å². The molecule has 1 unspecified atom stereocenters. The Morgan fingerprint density at radius 1 is 1.16 bits per heavy atom. The van der Waals surface area contributed by atoms with Crippen LogP contribution in [0.5, 0.6) is 0 Å². The monoisotopic (exact) mass is 623 g/mol. The van der Waals surface area contributed by atoms with Crippen molar-refractivity contribution < 1.29 is 21.6 Å². The summed E-state index contributed by atoms with van der Waals surface area (Å²) >= 11 is 9.12. The molecule has 0 aliphatic carbocycles. The third-order valence-electron chi connectivity index (χ3n) is 5.91. The predicted octanol–water partition coefficient (Wildman–Crippen LogP) is 3.53. The molecule has 192 valence electrons. The Morgan fingerprint density at radius 3 is 2.54 bits per heavy atom. The van der Waals surface area contributed by atoms with Gasteiger partial charge in [-0.3, -0.25) is 9.52 Å². The highest BCUT2D eigenvalue weighted by Crippen LogP contribution is 2.31. The number of nitrogens with one attached hydrogen (secondary N) is 3. The first-order valence-electron chi connectivity index (χ1n) is 10.9. The van der Waals surface area contributed by atoms with Crippen molar-refractivity contribution in [1.82, 2.24) is 24.4 Å². The zero-order chi connectivity index (χ0) is 26.4. The second-order valence-corrected chi connectivity index (χ2v) is 13.3. The second-order valence-electron chi connectivity index (χ2n) is 8.47. The van der Waals surface area contributed by atoms with Crippen molar-refractivity contribution in [2.24, 2.45) is 0 Å². The first kappa shape index (κ1) is 25.8. The fourth-order valence-corrected chi connectivity index (χ4v) is 7.29. The summed E-state index contributed by atoms with van der Waals surface area (Å²) in [5.74, 6) is -0.139. The fourth-order valence-electron chi connectivity index (χ4n) is 4.09. The van der Waals surface area contributed by atoms with E-state index in [-0.39, 0.29) is 22.9 Å². The number of hydrogen-bond acceptors (Lipinski definition) is 7. The lowest BCUT2D eigenvalue weighted by molar-refractivity contribution is -0.118. The number of carbonyl (C=O) groups is 1. The topological polar surface area (TPSA) is 151 Å². The summed E-state index contributed by atoms with van der Waals surface area (Å²) < 4.78 is 55.9. The van der Waals surface area contributed by atoms with Crippen LogP contribution in [-0.2, 0) is 31.3 Å². The lowest BCUT2D eigenvalue weighted by Gasteiger charge is -2.18. The minimum absolute atomic E-state index is 0.0798. The van der Waals surface area contributed by atoms with Crippen molar-refractivity contribution in [2.45, 2.75) is 29.0 Å². The Kier molecular flexibility index (Phi) is 6.83. The number of nitrogens with zero attached hydrogens (tertiary/aromatic N) is 2. The summed E-state index contributed by atoms with van der Waals surface area (Å²) in [7, 11) is -7.80. The van der Waals surface area contributed by atoms with Crippen LogP contribution in [0.3, 0.4) is 0 Å². The minimum atomic E-state index is -4.03. The van der Waals surface area contributed by atoms with Gasteiger partial charge < -0.3 is 4.98 Å². The van der Waals surface area contributed by atoms with E-state index in [1.807, 2.05) is 29.0 Å². The highest BCUT2D eigenvalue weighted by Gasteiger charge is 2.37. The maximum atomic E-state index is 13.3. The number of fused-ring (bicyclic) bond motifs is 1. The van der Waals surface area contributed by atoms with E-state index in [1.165, 1.54) is 6.07 Å². The minimum Gasteiger partial charge on any atom is -0.341 e. The first-order valence-corrected chi connectivity index (χ1v) is 15.1. The number of H-pyrrole nitrogens is 1. The van der Waals surface area contributed by atoms with E-state index in [1.54, 1.807) is 24.3 Å². The van der Waals surface area contributed by atoms with Gasteiger partial charge in [0, 0.05) is 6.20 Å². The average molecular weight is 625 g/mol. The molecule has 3 N–H and O–H groups in total. The molecule has 3 heterocycles. The van der Waals surface area contributed by atoms with Crippen LogP contribution in [0.15, 0.2) is 70.2 Å². The molecule has 2 aromatic carbocycles. The summed E-state index contributed by atoms with van der Waals surface area (Å²) in [5, 5.41) is -0.830. The van der Waals surface area contributed by atoms with Crippen molar-refractivity contribution in [3.05, 3.63) is 87.4 Å². The van der Waals surface area contributed by atoms with Crippen molar-refractivity contribution >= 4 is 64.5 Å². The van der Waals surface area contributed by atoms with Crippen LogP contribution < -0.4 is 9.44 Å². The molecule has 1 amide bonds.